The van der Waals surface area contributed by atoms with E-state index in [2.05, 4.69) is 13.8 Å². The zero-order valence-electron chi connectivity index (χ0n) is 11.4. The van der Waals surface area contributed by atoms with Gasteiger partial charge in [-0.1, -0.05) is 26.0 Å². The molecule has 98 valence electrons. The van der Waals surface area contributed by atoms with Crippen molar-refractivity contribution in [3.05, 3.63) is 29.3 Å². The highest BCUT2D eigenvalue weighted by molar-refractivity contribution is 5.99. The van der Waals surface area contributed by atoms with Gasteiger partial charge in [0, 0.05) is 12.0 Å². The summed E-state index contributed by atoms with van der Waals surface area (Å²) in [5, 5.41) is 0. The maximum Gasteiger partial charge on any atom is 0.144 e. The van der Waals surface area contributed by atoms with Crippen molar-refractivity contribution in [2.75, 3.05) is 7.11 Å². The number of hydrogen-bond acceptors (Lipinski definition) is 3. The largest absolute Gasteiger partial charge is 0.496 e. The zero-order valence-corrected chi connectivity index (χ0v) is 11.4. The molecule has 1 rings (SSSR count). The average Bonchev–Trinajstić information content (AvgIpc) is 2.27. The zero-order chi connectivity index (χ0) is 13.7. The molecule has 3 heteroatoms. The van der Waals surface area contributed by atoms with Gasteiger partial charge in [-0.25, -0.2) is 0 Å². The maximum absolute atomic E-state index is 11.7. The predicted octanol–water partition coefficient (Wildman–Crippen LogP) is 2.91. The monoisotopic (exact) mass is 248 g/mol. The molecule has 0 aliphatic carbocycles. The van der Waals surface area contributed by atoms with E-state index >= 15 is 0 Å². The van der Waals surface area contributed by atoms with Gasteiger partial charge in [0.1, 0.15) is 17.3 Å². The quantitative estimate of drug-likeness (QED) is 0.727. The van der Waals surface area contributed by atoms with Crippen molar-refractivity contribution < 1.29 is 14.3 Å². The first-order chi connectivity index (χ1) is 8.43. The average molecular weight is 248 g/mol. The number of hydrogen-bond donors (Lipinski definition) is 0. The van der Waals surface area contributed by atoms with Crippen LogP contribution in [0.3, 0.4) is 0 Å². The van der Waals surface area contributed by atoms with Crippen LogP contribution >= 0.6 is 0 Å². The molecule has 0 fully saturated rings. The SMILES string of the molecule is COc1ccc(C(C)C)cc1CC(=O)CC(C)=O. The van der Waals surface area contributed by atoms with Crippen molar-refractivity contribution in [1.29, 1.82) is 0 Å². The summed E-state index contributed by atoms with van der Waals surface area (Å²) in [7, 11) is 1.59. The number of carbonyl (C=O) groups excluding carboxylic acids is 2. The molecule has 0 unspecified atom stereocenters. The fraction of sp³-hybridized carbons (Fsp3) is 0.467. The summed E-state index contributed by atoms with van der Waals surface area (Å²) in [6.45, 7) is 5.63. The molecule has 0 heterocycles. The van der Waals surface area contributed by atoms with Crippen LogP contribution in [0.5, 0.6) is 5.75 Å². The Bertz CT molecular complexity index is 447. The van der Waals surface area contributed by atoms with E-state index in [4.69, 9.17) is 4.74 Å². The standard InChI is InChI=1S/C15H20O3/c1-10(2)12-5-6-15(18-4)13(8-12)9-14(17)7-11(3)16/h5-6,8,10H,7,9H2,1-4H3. The molecule has 0 aromatic heterocycles. The van der Waals surface area contributed by atoms with E-state index in [9.17, 15) is 9.59 Å². The van der Waals surface area contributed by atoms with Crippen molar-refractivity contribution >= 4 is 11.6 Å². The molecule has 3 nitrogen and oxygen atoms in total. The van der Waals surface area contributed by atoms with Gasteiger partial charge in [0.05, 0.1) is 13.5 Å². The van der Waals surface area contributed by atoms with Gasteiger partial charge in [0.25, 0.3) is 0 Å². The van der Waals surface area contributed by atoms with Gasteiger partial charge in [0.15, 0.2) is 0 Å². The summed E-state index contributed by atoms with van der Waals surface area (Å²) >= 11 is 0. The summed E-state index contributed by atoms with van der Waals surface area (Å²) in [5.74, 6) is 0.939. The third kappa shape index (κ3) is 3.99. The third-order valence-electron chi connectivity index (χ3n) is 2.80. The number of carbonyl (C=O) groups is 2. The van der Waals surface area contributed by atoms with Gasteiger partial charge in [-0.15, -0.1) is 0 Å². The first-order valence-corrected chi connectivity index (χ1v) is 6.12. The minimum Gasteiger partial charge on any atom is -0.496 e. The topological polar surface area (TPSA) is 43.4 Å². The second kappa shape index (κ2) is 6.34. The van der Waals surface area contributed by atoms with Crippen molar-refractivity contribution in [3.63, 3.8) is 0 Å². The maximum atomic E-state index is 11.7. The fourth-order valence-electron chi connectivity index (χ4n) is 1.85. The number of Topliss-reactive ketones (excluding diaryl/α,β-unsaturated/α-hetero) is 2. The van der Waals surface area contributed by atoms with Crippen LogP contribution in [-0.4, -0.2) is 18.7 Å². The lowest BCUT2D eigenvalue weighted by Crippen LogP contribution is -2.09. The van der Waals surface area contributed by atoms with Crippen LogP contribution in [0.2, 0.25) is 0 Å². The summed E-state index contributed by atoms with van der Waals surface area (Å²) in [5.41, 5.74) is 2.02. The molecule has 0 N–H and O–H groups in total. The van der Waals surface area contributed by atoms with E-state index < -0.39 is 0 Å². The van der Waals surface area contributed by atoms with Gasteiger partial charge >= 0.3 is 0 Å². The van der Waals surface area contributed by atoms with Crippen LogP contribution < -0.4 is 4.74 Å². The van der Waals surface area contributed by atoms with Crippen LogP contribution in [0.4, 0.5) is 0 Å². The number of benzene rings is 1. The van der Waals surface area contributed by atoms with Gasteiger partial charge in [-0.2, -0.15) is 0 Å². The molecule has 0 amide bonds. The Morgan fingerprint density at radius 1 is 1.28 bits per heavy atom. The van der Waals surface area contributed by atoms with Crippen molar-refractivity contribution in [2.45, 2.75) is 39.5 Å². The van der Waals surface area contributed by atoms with E-state index in [1.165, 1.54) is 12.5 Å². The lowest BCUT2D eigenvalue weighted by molar-refractivity contribution is -0.125. The Balaban J connectivity index is 2.94. The number of rotatable bonds is 6. The van der Waals surface area contributed by atoms with Crippen molar-refractivity contribution in [2.24, 2.45) is 0 Å². The molecule has 0 saturated carbocycles. The van der Waals surface area contributed by atoms with E-state index in [1.54, 1.807) is 7.11 Å². The highest BCUT2D eigenvalue weighted by atomic mass is 16.5. The van der Waals surface area contributed by atoms with Gasteiger partial charge < -0.3 is 4.74 Å². The number of ketones is 2. The third-order valence-corrected chi connectivity index (χ3v) is 2.80. The predicted molar refractivity (Wildman–Crippen MR) is 71.1 cm³/mol. The van der Waals surface area contributed by atoms with E-state index in [1.807, 2.05) is 18.2 Å². The fourth-order valence-corrected chi connectivity index (χ4v) is 1.85. The molecule has 18 heavy (non-hydrogen) atoms. The van der Waals surface area contributed by atoms with Crippen molar-refractivity contribution in [3.8, 4) is 5.75 Å². The van der Waals surface area contributed by atoms with E-state index in [0.29, 0.717) is 11.7 Å². The lowest BCUT2D eigenvalue weighted by atomic mass is 9.97. The molecule has 0 saturated heterocycles. The molecule has 1 aromatic carbocycles. The second-order valence-electron chi connectivity index (χ2n) is 4.82. The van der Waals surface area contributed by atoms with Crippen molar-refractivity contribution in [1.82, 2.24) is 0 Å². The Morgan fingerprint density at radius 2 is 1.94 bits per heavy atom. The molecular formula is C15H20O3. The molecule has 0 spiro atoms. The Labute approximate surface area is 108 Å². The van der Waals surface area contributed by atoms with Gasteiger partial charge in [-0.05, 0) is 24.5 Å². The lowest BCUT2D eigenvalue weighted by Gasteiger charge is -2.12. The Kier molecular flexibility index (Phi) is 5.08. The van der Waals surface area contributed by atoms with Crippen LogP contribution in [0.15, 0.2) is 18.2 Å². The van der Waals surface area contributed by atoms with Gasteiger partial charge in [-0.3, -0.25) is 9.59 Å². The van der Waals surface area contributed by atoms with Crippen LogP contribution in [0, 0.1) is 0 Å². The normalized spacial score (nSPS) is 10.5. The van der Waals surface area contributed by atoms with Crippen LogP contribution in [-0.2, 0) is 16.0 Å². The summed E-state index contributed by atoms with van der Waals surface area (Å²) in [6.07, 6.45) is 0.248. The first kappa shape index (κ1) is 14.4. The van der Waals surface area contributed by atoms with E-state index in [0.717, 1.165) is 5.56 Å². The molecule has 0 aliphatic heterocycles. The van der Waals surface area contributed by atoms with Gasteiger partial charge in [0.2, 0.25) is 0 Å². The molecule has 0 radical (unpaired) electrons. The van der Waals surface area contributed by atoms with Crippen LogP contribution in [0.25, 0.3) is 0 Å². The molecule has 1 aromatic rings. The molecule has 0 aliphatic rings. The molecule has 0 atom stereocenters. The molecular weight excluding hydrogens is 228 g/mol. The Hall–Kier alpha value is -1.64. The summed E-state index contributed by atoms with van der Waals surface area (Å²) in [4.78, 5) is 22.6. The number of methoxy groups -OCH3 is 1. The highest BCUT2D eigenvalue weighted by Gasteiger charge is 2.12. The number of ether oxygens (including phenoxy) is 1. The second-order valence-corrected chi connectivity index (χ2v) is 4.82. The van der Waals surface area contributed by atoms with Crippen LogP contribution in [0.1, 0.15) is 44.2 Å². The van der Waals surface area contributed by atoms with E-state index in [-0.39, 0.29) is 24.4 Å². The summed E-state index contributed by atoms with van der Waals surface area (Å²) in [6, 6.07) is 5.87. The minimum atomic E-state index is -0.0982. The minimum absolute atomic E-state index is 0.00490. The molecule has 0 bridgehead atoms. The Morgan fingerprint density at radius 3 is 2.44 bits per heavy atom. The smallest absolute Gasteiger partial charge is 0.144 e. The highest BCUT2D eigenvalue weighted by Crippen LogP contribution is 2.24. The summed E-state index contributed by atoms with van der Waals surface area (Å²) < 4.78 is 5.25. The first-order valence-electron chi connectivity index (χ1n) is 6.12.